The number of halogens is 3. The summed E-state index contributed by atoms with van der Waals surface area (Å²) in [6.07, 6.45) is 0.183. The number of benzene rings is 2. The minimum Gasteiger partial charge on any atom is -0.346 e. The van der Waals surface area contributed by atoms with Crippen LogP contribution in [0.25, 0.3) is 0 Å². The van der Waals surface area contributed by atoms with Gasteiger partial charge < -0.3 is 10.2 Å². The van der Waals surface area contributed by atoms with Crippen LogP contribution in [0.4, 0.5) is 8.78 Å². The van der Waals surface area contributed by atoms with Crippen molar-refractivity contribution >= 4 is 35.2 Å². The Balaban J connectivity index is 1.57. The van der Waals surface area contributed by atoms with Crippen molar-refractivity contribution in [2.24, 2.45) is 0 Å². The molecule has 166 valence electrons. The zero-order chi connectivity index (χ0) is 27.4. The van der Waals surface area contributed by atoms with E-state index in [4.69, 9.17) is 18.5 Å². The Morgan fingerprint density at radius 1 is 1.31 bits per heavy atom. The third-order valence-corrected chi connectivity index (χ3v) is 5.34. The molecule has 2 aromatic carbocycles. The molecule has 10 heteroatoms. The van der Waals surface area contributed by atoms with E-state index in [1.807, 2.05) is 0 Å². The number of nitrogens with zero attached hydrogens (tertiary/aromatic N) is 1. The van der Waals surface area contributed by atoms with E-state index in [1.165, 1.54) is 23.1 Å². The molecule has 2 aliphatic heterocycles. The third-order valence-electron chi connectivity index (χ3n) is 5.14. The summed E-state index contributed by atoms with van der Waals surface area (Å²) in [5, 5.41) is 1.33. The van der Waals surface area contributed by atoms with Crippen LogP contribution >= 0.6 is 11.6 Å². The van der Waals surface area contributed by atoms with Gasteiger partial charge in [0.05, 0.1) is 5.48 Å². The number of carbonyl (C=O) groups is 4. The fraction of sp³-hybridized carbons (Fsp3) is 0.273. The zero-order valence-electron chi connectivity index (χ0n) is 21.2. The fourth-order valence-electron chi connectivity index (χ4n) is 3.50. The molecule has 2 unspecified atom stereocenters. The number of hydrogen-bond donors (Lipinski definition) is 2. The maximum absolute atomic E-state index is 15.0. The lowest BCUT2D eigenvalue weighted by atomic mass is 10.0. The first-order valence-electron chi connectivity index (χ1n) is 11.9. The third kappa shape index (κ3) is 4.08. The van der Waals surface area contributed by atoms with Gasteiger partial charge in [-0.15, -0.1) is 0 Å². The molecule has 1 saturated heterocycles. The predicted molar refractivity (Wildman–Crippen MR) is 110 cm³/mol. The summed E-state index contributed by atoms with van der Waals surface area (Å²) in [7, 11) is 0. The molecule has 4 rings (SSSR count). The monoisotopic (exact) mass is 466 g/mol. The Bertz CT molecular complexity index is 1360. The van der Waals surface area contributed by atoms with E-state index in [-0.39, 0.29) is 35.8 Å². The highest BCUT2D eigenvalue weighted by molar-refractivity contribution is 6.30. The number of alkyl halides is 2. The molecule has 0 aromatic heterocycles. The second-order valence-corrected chi connectivity index (χ2v) is 7.60. The lowest BCUT2D eigenvalue weighted by Gasteiger charge is -2.29. The van der Waals surface area contributed by atoms with Crippen LogP contribution in [0, 0.1) is 0 Å². The van der Waals surface area contributed by atoms with Crippen LogP contribution in [-0.2, 0) is 33.4 Å². The molecule has 2 aliphatic rings. The van der Waals surface area contributed by atoms with Crippen molar-refractivity contribution in [2.75, 3.05) is 0 Å². The van der Waals surface area contributed by atoms with Gasteiger partial charge in [0.15, 0.2) is 1.41 Å². The van der Waals surface area contributed by atoms with Gasteiger partial charge in [-0.2, -0.15) is 8.78 Å². The Morgan fingerprint density at radius 3 is 2.84 bits per heavy atom. The molecular formula is C22H18ClF2N3O4. The molecular weight excluding hydrogens is 444 g/mol. The first-order chi connectivity index (χ1) is 17.2. The Hall–Kier alpha value is -3.33. The number of hydrogen-bond acceptors (Lipinski definition) is 4. The quantitative estimate of drug-likeness (QED) is 0.662. The minimum atomic E-state index is -4.51. The number of carbonyl (C=O) groups excluding carboxylic acids is 4. The van der Waals surface area contributed by atoms with Crippen LogP contribution in [0.5, 0.6) is 0 Å². The lowest BCUT2D eigenvalue weighted by Crippen LogP contribution is -2.52. The van der Waals surface area contributed by atoms with Crippen molar-refractivity contribution in [1.29, 1.82) is 0 Å². The lowest BCUT2D eigenvalue weighted by molar-refractivity contribution is -0.147. The molecule has 2 heterocycles. The summed E-state index contributed by atoms with van der Waals surface area (Å²) in [5.41, 5.74) is -0.818. The van der Waals surface area contributed by atoms with E-state index in [0.29, 0.717) is 11.6 Å². The summed E-state index contributed by atoms with van der Waals surface area (Å²) in [6.45, 7) is -2.02. The average Bonchev–Trinajstić information content (AvgIpc) is 3.18. The van der Waals surface area contributed by atoms with Crippen molar-refractivity contribution in [2.45, 2.75) is 37.9 Å². The smallest absolute Gasteiger partial charge is 0.346 e. The van der Waals surface area contributed by atoms with Crippen molar-refractivity contribution in [3.05, 3.63) is 69.7 Å². The Kier molecular flexibility index (Phi) is 4.24. The van der Waals surface area contributed by atoms with E-state index >= 15 is 0 Å². The van der Waals surface area contributed by atoms with Crippen LogP contribution in [0.2, 0.25) is 6.43 Å². The van der Waals surface area contributed by atoms with Crippen LogP contribution in [0.3, 0.4) is 0 Å². The molecule has 0 bridgehead atoms. The number of imide groups is 1. The van der Waals surface area contributed by atoms with Gasteiger partial charge in [0.2, 0.25) is 11.8 Å². The van der Waals surface area contributed by atoms with Gasteiger partial charge in [-0.1, -0.05) is 35.8 Å². The van der Waals surface area contributed by atoms with Gasteiger partial charge in [-0.05, 0) is 35.7 Å². The Morgan fingerprint density at radius 2 is 2.09 bits per heavy atom. The average molecular weight is 467 g/mol. The minimum absolute atomic E-state index is 0.0534. The van der Waals surface area contributed by atoms with E-state index in [0.717, 1.165) is 0 Å². The highest BCUT2D eigenvalue weighted by Crippen LogP contribution is 2.30. The van der Waals surface area contributed by atoms with E-state index in [9.17, 15) is 28.0 Å². The van der Waals surface area contributed by atoms with Gasteiger partial charge in [-0.3, -0.25) is 24.5 Å². The van der Waals surface area contributed by atoms with Crippen LogP contribution in [-0.4, -0.2) is 34.6 Å². The molecule has 1 fully saturated rings. The molecule has 0 radical (unpaired) electrons. The standard InChI is InChI=1S/C22H18ClF2N3O4/c23-15-4-2-14(3-5-15)22(24,25)21(32)26-10-12-1-6-16-13(9-12)11-28(20(16)31)17-7-8-18(29)27-19(17)30/h1-6,9,17H,7-8,10-11H2,(H,26,32)(H,27,29,30)/i2D,4D,5D,10D/hD. The fourth-order valence-corrected chi connectivity index (χ4v) is 3.60. The largest absolute Gasteiger partial charge is 0.349 e. The zero-order valence-corrected chi connectivity index (χ0v) is 17.0. The van der Waals surface area contributed by atoms with Crippen molar-refractivity contribution in [3.8, 4) is 0 Å². The molecule has 7 nitrogen and oxygen atoms in total. The number of nitrogens with one attached hydrogen (secondary N) is 2. The second-order valence-electron chi connectivity index (χ2n) is 7.22. The molecule has 0 saturated carbocycles. The van der Waals surface area contributed by atoms with E-state index < -0.39 is 70.8 Å². The van der Waals surface area contributed by atoms with Crippen molar-refractivity contribution in [3.63, 3.8) is 0 Å². The normalized spacial score (nSPS) is 21.6. The van der Waals surface area contributed by atoms with Crippen LogP contribution in [0.15, 0.2) is 42.4 Å². The number of rotatable bonds is 5. The summed E-state index contributed by atoms with van der Waals surface area (Å²) < 4.78 is 69.0. The maximum Gasteiger partial charge on any atom is 0.349 e. The topological polar surface area (TPSA) is 95.6 Å². The van der Waals surface area contributed by atoms with E-state index in [2.05, 4.69) is 5.32 Å². The van der Waals surface area contributed by atoms with Gasteiger partial charge in [-0.25, -0.2) is 0 Å². The van der Waals surface area contributed by atoms with E-state index in [1.54, 1.807) is 0 Å². The first-order valence-corrected chi connectivity index (χ1v) is 9.80. The second kappa shape index (κ2) is 8.31. The summed E-state index contributed by atoms with van der Waals surface area (Å²) >= 11 is 5.64. The van der Waals surface area contributed by atoms with Gasteiger partial charge in [0.25, 0.3) is 11.8 Å². The first kappa shape index (κ1) is 16.3. The molecule has 2 atom stereocenters. The van der Waals surface area contributed by atoms with Crippen molar-refractivity contribution in [1.82, 2.24) is 15.5 Å². The maximum atomic E-state index is 15.0. The van der Waals surface area contributed by atoms with Gasteiger partial charge >= 0.3 is 5.92 Å². The summed E-state index contributed by atoms with van der Waals surface area (Å²) in [5.74, 6) is -8.24. The highest BCUT2D eigenvalue weighted by Gasteiger charge is 2.41. The molecule has 0 spiro atoms. The predicted octanol–water partition coefficient (Wildman–Crippen LogP) is 2.51. The van der Waals surface area contributed by atoms with Gasteiger partial charge in [0, 0.05) is 35.6 Å². The molecule has 2 N–H and O–H groups in total. The van der Waals surface area contributed by atoms with Crippen molar-refractivity contribution < 1.29 is 34.9 Å². The number of fused-ring (bicyclic) bond motifs is 1. The number of amides is 4. The molecule has 32 heavy (non-hydrogen) atoms. The highest BCUT2D eigenvalue weighted by atomic mass is 35.5. The Labute approximate surface area is 193 Å². The summed E-state index contributed by atoms with van der Waals surface area (Å²) in [6, 6.07) is 0.743. The van der Waals surface area contributed by atoms with Crippen LogP contribution < -0.4 is 10.6 Å². The molecule has 4 amide bonds. The SMILES string of the molecule is [2H]c1cc(C(F)(F)C(=O)N([2H])C([2H])c2ccc3c(c2)CN(C2CCC(=O)NC2=O)C3=O)c([2H])c([2H])c1Cl. The van der Waals surface area contributed by atoms with Crippen LogP contribution in [0.1, 0.15) is 45.4 Å². The number of piperidine rings is 1. The molecule has 2 aromatic rings. The molecule has 0 aliphatic carbocycles. The van der Waals surface area contributed by atoms with Gasteiger partial charge in [0.1, 0.15) is 6.04 Å². The summed E-state index contributed by atoms with van der Waals surface area (Å²) in [4.78, 5) is 50.2.